The number of carbonyl (C=O) groups excluding carboxylic acids is 2. The van der Waals surface area contributed by atoms with E-state index < -0.39 is 11.7 Å². The van der Waals surface area contributed by atoms with Crippen LogP contribution in [-0.4, -0.2) is 27.6 Å². The lowest BCUT2D eigenvalue weighted by Gasteiger charge is -2.37. The first-order valence-corrected chi connectivity index (χ1v) is 14.0. The maximum Gasteiger partial charge on any atom is 0.234 e. The predicted octanol–water partition coefficient (Wildman–Crippen LogP) is 5.08. The highest BCUT2D eigenvalue weighted by molar-refractivity contribution is 8.01. The number of nitriles is 1. The molecule has 1 aromatic carbocycles. The van der Waals surface area contributed by atoms with E-state index in [1.165, 1.54) is 23.5 Å². The summed E-state index contributed by atoms with van der Waals surface area (Å²) in [5.74, 6) is -1.14. The van der Waals surface area contributed by atoms with Crippen molar-refractivity contribution in [3.05, 3.63) is 74.6 Å². The van der Waals surface area contributed by atoms with Gasteiger partial charge in [-0.05, 0) is 44.0 Å². The lowest BCUT2D eigenvalue weighted by atomic mass is 9.78. The molecule has 1 amide bonds. The summed E-state index contributed by atoms with van der Waals surface area (Å²) < 4.78 is 14.3. The zero-order chi connectivity index (χ0) is 26.1. The SMILES string of the molecule is Cc1ccc(C2C(C#N)=C(N)N(c3nnc(SCC(=O)Nc4ccccc4F)s3)C3=C2C(=O)CCC3)s1. The van der Waals surface area contributed by atoms with Gasteiger partial charge in [0.2, 0.25) is 11.0 Å². The molecule has 0 saturated heterocycles. The number of halogens is 1. The van der Waals surface area contributed by atoms with Crippen molar-refractivity contribution in [3.63, 3.8) is 0 Å². The smallest absolute Gasteiger partial charge is 0.234 e. The standard InChI is InChI=1S/C25H21FN6O2S3/c1-13-9-10-19(36-13)21-14(11-27)23(28)32(17-7-4-8-18(33)22(17)21)24-30-31-25(37-24)35-12-20(34)29-16-6-3-2-5-15(16)26/h2-3,5-6,9-10,21H,4,7-8,12,28H2,1H3,(H,29,34). The summed E-state index contributed by atoms with van der Waals surface area (Å²) in [6.45, 7) is 1.98. The summed E-state index contributed by atoms with van der Waals surface area (Å²) >= 11 is 3.92. The predicted molar refractivity (Wildman–Crippen MR) is 143 cm³/mol. The molecule has 0 fully saturated rings. The highest BCUT2D eigenvalue weighted by Crippen LogP contribution is 2.48. The van der Waals surface area contributed by atoms with Crippen LogP contribution in [0, 0.1) is 24.1 Å². The van der Waals surface area contributed by atoms with Gasteiger partial charge in [-0.2, -0.15) is 5.26 Å². The van der Waals surface area contributed by atoms with Gasteiger partial charge in [-0.25, -0.2) is 4.39 Å². The van der Waals surface area contributed by atoms with E-state index in [1.54, 1.807) is 28.4 Å². The first-order valence-electron chi connectivity index (χ1n) is 11.4. The molecule has 0 saturated carbocycles. The van der Waals surface area contributed by atoms with Gasteiger partial charge < -0.3 is 11.1 Å². The van der Waals surface area contributed by atoms with Gasteiger partial charge in [0, 0.05) is 27.4 Å². The average molecular weight is 553 g/mol. The quantitative estimate of drug-likeness (QED) is 0.406. The summed E-state index contributed by atoms with van der Waals surface area (Å²) in [4.78, 5) is 29.1. The van der Waals surface area contributed by atoms with Crippen LogP contribution in [-0.2, 0) is 9.59 Å². The highest BCUT2D eigenvalue weighted by Gasteiger charge is 2.41. The highest BCUT2D eigenvalue weighted by atomic mass is 32.2. The van der Waals surface area contributed by atoms with Crippen LogP contribution >= 0.6 is 34.4 Å². The third-order valence-electron chi connectivity index (χ3n) is 6.02. The van der Waals surface area contributed by atoms with E-state index in [0.29, 0.717) is 39.9 Å². The first kappa shape index (κ1) is 25.1. The van der Waals surface area contributed by atoms with Gasteiger partial charge in [-0.3, -0.25) is 14.5 Å². The van der Waals surface area contributed by atoms with Crippen LogP contribution in [0.15, 0.2) is 63.4 Å². The molecule has 0 bridgehead atoms. The van der Waals surface area contributed by atoms with E-state index in [-0.39, 0.29) is 29.0 Å². The molecule has 2 aliphatic rings. The number of para-hydroxylation sites is 1. The Bertz CT molecular complexity index is 1500. The summed E-state index contributed by atoms with van der Waals surface area (Å²) in [5.41, 5.74) is 8.31. The number of hydrogen-bond donors (Lipinski definition) is 2. The van der Waals surface area contributed by atoms with Crippen LogP contribution in [0.25, 0.3) is 0 Å². The van der Waals surface area contributed by atoms with Crippen molar-refractivity contribution >= 4 is 56.9 Å². The van der Waals surface area contributed by atoms with Crippen molar-refractivity contribution in [2.75, 3.05) is 16.0 Å². The molecule has 5 rings (SSSR count). The molecular weight excluding hydrogens is 532 g/mol. The summed E-state index contributed by atoms with van der Waals surface area (Å²) in [5, 5.41) is 21.5. The second kappa shape index (κ2) is 10.5. The van der Waals surface area contributed by atoms with Crippen molar-refractivity contribution in [1.82, 2.24) is 10.2 Å². The van der Waals surface area contributed by atoms with E-state index in [1.807, 2.05) is 19.1 Å². The zero-order valence-corrected chi connectivity index (χ0v) is 22.1. The van der Waals surface area contributed by atoms with Gasteiger partial charge in [0.05, 0.1) is 29.0 Å². The molecule has 1 aliphatic carbocycles. The molecule has 8 nitrogen and oxygen atoms in total. The van der Waals surface area contributed by atoms with E-state index in [0.717, 1.165) is 27.2 Å². The minimum absolute atomic E-state index is 0.00394. The number of aromatic nitrogens is 2. The number of amides is 1. The molecule has 188 valence electrons. The molecule has 1 unspecified atom stereocenters. The number of thiophene rings is 1. The van der Waals surface area contributed by atoms with Crippen LogP contribution in [0.3, 0.4) is 0 Å². The Morgan fingerprint density at radius 2 is 2.08 bits per heavy atom. The van der Waals surface area contributed by atoms with Crippen molar-refractivity contribution in [2.24, 2.45) is 5.73 Å². The first-order chi connectivity index (χ1) is 17.9. The number of anilines is 2. The number of hydrogen-bond acceptors (Lipinski definition) is 10. The number of benzene rings is 1. The van der Waals surface area contributed by atoms with Crippen LogP contribution in [0.2, 0.25) is 0 Å². The summed E-state index contributed by atoms with van der Waals surface area (Å²) in [6.07, 6.45) is 1.71. The Hall–Kier alpha value is -3.53. The topological polar surface area (TPSA) is 125 Å². The lowest BCUT2D eigenvalue weighted by Crippen LogP contribution is -2.38. The van der Waals surface area contributed by atoms with Crippen LogP contribution in [0.4, 0.5) is 15.2 Å². The van der Waals surface area contributed by atoms with E-state index >= 15 is 0 Å². The third kappa shape index (κ3) is 4.90. The Morgan fingerprint density at radius 1 is 1.27 bits per heavy atom. The Morgan fingerprint density at radius 3 is 2.81 bits per heavy atom. The number of nitrogens with two attached hydrogens (primary N) is 1. The van der Waals surface area contributed by atoms with Gasteiger partial charge in [0.15, 0.2) is 10.1 Å². The lowest BCUT2D eigenvalue weighted by molar-refractivity contribution is -0.116. The summed E-state index contributed by atoms with van der Waals surface area (Å²) in [7, 11) is 0. The molecule has 1 aliphatic heterocycles. The fraction of sp³-hybridized carbons (Fsp3) is 0.240. The van der Waals surface area contributed by atoms with Gasteiger partial charge in [-0.15, -0.1) is 21.5 Å². The van der Waals surface area contributed by atoms with Crippen LogP contribution in [0.1, 0.15) is 34.9 Å². The number of nitrogens with one attached hydrogen (secondary N) is 1. The Kier molecular flexibility index (Phi) is 7.10. The maximum absolute atomic E-state index is 13.8. The van der Waals surface area contributed by atoms with Crippen LogP contribution < -0.4 is 16.0 Å². The van der Waals surface area contributed by atoms with Crippen molar-refractivity contribution in [3.8, 4) is 6.07 Å². The van der Waals surface area contributed by atoms with Gasteiger partial charge in [-0.1, -0.05) is 35.2 Å². The number of aryl methyl sites for hydroxylation is 1. The number of nitrogens with zero attached hydrogens (tertiary/aromatic N) is 4. The fourth-order valence-electron chi connectivity index (χ4n) is 4.43. The minimum Gasteiger partial charge on any atom is -0.384 e. The number of carbonyl (C=O) groups is 2. The second-order valence-electron chi connectivity index (χ2n) is 8.43. The molecule has 3 aromatic rings. The Labute approximate surface area is 224 Å². The zero-order valence-electron chi connectivity index (χ0n) is 19.7. The second-order valence-corrected chi connectivity index (χ2v) is 11.9. The molecule has 3 N–H and O–H groups in total. The number of rotatable bonds is 6. The average Bonchev–Trinajstić information content (AvgIpc) is 3.52. The molecule has 37 heavy (non-hydrogen) atoms. The fourth-order valence-corrected chi connectivity index (χ4v) is 7.10. The third-order valence-corrected chi connectivity index (χ3v) is 9.13. The molecule has 1 atom stereocenters. The van der Waals surface area contributed by atoms with E-state index in [9.17, 15) is 19.2 Å². The number of Topliss-reactive ketones (excluding diaryl/α,β-unsaturated/α-hetero) is 1. The van der Waals surface area contributed by atoms with Crippen molar-refractivity contribution in [1.29, 1.82) is 5.26 Å². The van der Waals surface area contributed by atoms with Crippen LogP contribution in [0.5, 0.6) is 0 Å². The van der Waals surface area contributed by atoms with E-state index in [4.69, 9.17) is 5.73 Å². The Balaban J connectivity index is 1.42. The normalized spacial score (nSPS) is 17.6. The summed E-state index contributed by atoms with van der Waals surface area (Å²) in [6, 6.07) is 12.1. The van der Waals surface area contributed by atoms with E-state index in [2.05, 4.69) is 21.6 Å². The minimum atomic E-state index is -0.512. The van der Waals surface area contributed by atoms with Gasteiger partial charge >= 0.3 is 0 Å². The maximum atomic E-state index is 13.8. The molecule has 0 spiro atoms. The molecule has 0 radical (unpaired) electrons. The molecule has 3 heterocycles. The number of thioether (sulfide) groups is 1. The van der Waals surface area contributed by atoms with Crippen molar-refractivity contribution < 1.29 is 14.0 Å². The molecular formula is C25H21FN6O2S3. The van der Waals surface area contributed by atoms with Gasteiger partial charge in [0.25, 0.3) is 0 Å². The molecule has 12 heteroatoms. The monoisotopic (exact) mass is 552 g/mol. The molecule has 2 aromatic heterocycles. The van der Waals surface area contributed by atoms with Gasteiger partial charge in [0.1, 0.15) is 11.6 Å². The number of allylic oxidation sites excluding steroid dienone is 3. The largest absolute Gasteiger partial charge is 0.384 e. The van der Waals surface area contributed by atoms with Crippen molar-refractivity contribution in [2.45, 2.75) is 36.4 Å². The number of ketones is 1.